The van der Waals surface area contributed by atoms with Gasteiger partial charge >= 0.3 is 0 Å². The Balaban J connectivity index is 0.00000126. The van der Waals surface area contributed by atoms with Crippen molar-refractivity contribution in [3.63, 3.8) is 0 Å². The molecule has 27 heavy (non-hydrogen) atoms. The molecule has 0 aliphatic heterocycles. The lowest BCUT2D eigenvalue weighted by Crippen LogP contribution is -2.13. The molecule has 2 aromatic carbocycles. The maximum Gasteiger partial charge on any atom is 0.255 e. The number of nitrogens with one attached hydrogen (secondary N) is 1. The first-order valence-electron chi connectivity index (χ1n) is 8.66. The van der Waals surface area contributed by atoms with Crippen molar-refractivity contribution in [3.05, 3.63) is 62.9 Å². The van der Waals surface area contributed by atoms with E-state index in [0.29, 0.717) is 16.3 Å². The summed E-state index contributed by atoms with van der Waals surface area (Å²) in [6, 6.07) is 10.7. The van der Waals surface area contributed by atoms with Crippen LogP contribution in [-0.2, 0) is 0 Å². The third kappa shape index (κ3) is 5.08. The van der Waals surface area contributed by atoms with E-state index in [1.807, 2.05) is 45.2 Å². The van der Waals surface area contributed by atoms with Crippen molar-refractivity contribution in [1.82, 2.24) is 4.98 Å². The zero-order valence-electron chi connectivity index (χ0n) is 16.1. The first-order chi connectivity index (χ1) is 13.0. The molecule has 1 aromatic heterocycles. The summed E-state index contributed by atoms with van der Waals surface area (Å²) in [6.45, 7) is 7.82. The number of ether oxygens (including phenoxy) is 1. The predicted octanol–water partition coefficient (Wildman–Crippen LogP) is 6.37. The molecule has 1 amide bonds. The van der Waals surface area contributed by atoms with E-state index in [2.05, 4.69) is 10.3 Å². The number of amides is 1. The van der Waals surface area contributed by atoms with Crippen molar-refractivity contribution >= 4 is 34.5 Å². The Bertz CT molecular complexity index is 938. The first kappa shape index (κ1) is 20.9. The normalized spacial score (nSPS) is 10.0. The molecule has 0 spiro atoms. The van der Waals surface area contributed by atoms with Gasteiger partial charge in [-0.15, -0.1) is 11.3 Å². The summed E-state index contributed by atoms with van der Waals surface area (Å²) in [7, 11) is 1.60. The van der Waals surface area contributed by atoms with Gasteiger partial charge in [0.25, 0.3) is 5.91 Å². The van der Waals surface area contributed by atoms with Crippen LogP contribution >= 0.6 is 22.9 Å². The van der Waals surface area contributed by atoms with Crippen molar-refractivity contribution in [1.29, 1.82) is 0 Å². The Labute approximate surface area is 169 Å². The molecule has 0 fully saturated rings. The lowest BCUT2D eigenvalue weighted by atomic mass is 10.1. The quantitative estimate of drug-likeness (QED) is 0.551. The van der Waals surface area contributed by atoms with Crippen molar-refractivity contribution < 1.29 is 9.53 Å². The number of methoxy groups -OCH3 is 1. The molecule has 3 aromatic rings. The summed E-state index contributed by atoms with van der Waals surface area (Å²) in [5, 5.41) is 6.44. The second kappa shape index (κ2) is 9.53. The van der Waals surface area contributed by atoms with Gasteiger partial charge in [-0.25, -0.2) is 4.98 Å². The molecule has 1 N–H and O–H groups in total. The van der Waals surface area contributed by atoms with Crippen LogP contribution in [0.2, 0.25) is 5.02 Å². The minimum Gasteiger partial charge on any atom is -0.497 e. The van der Waals surface area contributed by atoms with Crippen LogP contribution in [0.15, 0.2) is 41.8 Å². The lowest BCUT2D eigenvalue weighted by molar-refractivity contribution is 0.102. The molecular formula is C21H23ClN2O2S. The Hall–Kier alpha value is -2.37. The van der Waals surface area contributed by atoms with E-state index in [0.717, 1.165) is 27.6 Å². The summed E-state index contributed by atoms with van der Waals surface area (Å²) in [6.07, 6.45) is 0. The van der Waals surface area contributed by atoms with E-state index in [4.69, 9.17) is 16.3 Å². The van der Waals surface area contributed by atoms with Crippen LogP contribution < -0.4 is 10.1 Å². The van der Waals surface area contributed by atoms with Crippen LogP contribution in [-0.4, -0.2) is 18.0 Å². The highest BCUT2D eigenvalue weighted by Gasteiger charge is 2.13. The lowest BCUT2D eigenvalue weighted by Gasteiger charge is -2.11. The smallest absolute Gasteiger partial charge is 0.255 e. The average molecular weight is 403 g/mol. The fourth-order valence-electron chi connectivity index (χ4n) is 2.50. The van der Waals surface area contributed by atoms with Crippen LogP contribution in [0.4, 0.5) is 5.69 Å². The Kier molecular flexibility index (Phi) is 7.39. The molecule has 0 atom stereocenters. The number of hydrogen-bond acceptors (Lipinski definition) is 4. The molecule has 0 unspecified atom stereocenters. The summed E-state index contributed by atoms with van der Waals surface area (Å²) in [5.41, 5.74) is 3.73. The zero-order chi connectivity index (χ0) is 20.0. The summed E-state index contributed by atoms with van der Waals surface area (Å²) >= 11 is 7.85. The number of thiazole rings is 1. The second-order valence-electron chi connectivity index (χ2n) is 5.58. The van der Waals surface area contributed by atoms with Crippen LogP contribution in [0.5, 0.6) is 5.75 Å². The van der Waals surface area contributed by atoms with Gasteiger partial charge in [0, 0.05) is 22.2 Å². The first-order valence-corrected chi connectivity index (χ1v) is 9.91. The summed E-state index contributed by atoms with van der Waals surface area (Å²) < 4.78 is 5.18. The number of nitrogens with zero attached hydrogens (tertiary/aromatic N) is 1. The van der Waals surface area contributed by atoms with Gasteiger partial charge in [0.05, 0.1) is 22.8 Å². The molecule has 4 nitrogen and oxygen atoms in total. The topological polar surface area (TPSA) is 51.2 Å². The van der Waals surface area contributed by atoms with Crippen LogP contribution in [0.25, 0.3) is 11.3 Å². The van der Waals surface area contributed by atoms with E-state index in [1.54, 1.807) is 42.7 Å². The summed E-state index contributed by atoms with van der Waals surface area (Å²) in [5.74, 6) is 0.546. The molecule has 0 bridgehead atoms. The highest BCUT2D eigenvalue weighted by atomic mass is 35.5. The van der Waals surface area contributed by atoms with Crippen LogP contribution in [0.3, 0.4) is 0 Å². The molecule has 0 aliphatic carbocycles. The number of halogens is 1. The van der Waals surface area contributed by atoms with Gasteiger partial charge in [-0.1, -0.05) is 25.4 Å². The molecule has 0 radical (unpaired) electrons. The van der Waals surface area contributed by atoms with E-state index < -0.39 is 0 Å². The van der Waals surface area contributed by atoms with Gasteiger partial charge in [-0.2, -0.15) is 0 Å². The Morgan fingerprint density at radius 2 is 1.89 bits per heavy atom. The number of benzene rings is 2. The average Bonchev–Trinajstić information content (AvgIpc) is 3.10. The maximum atomic E-state index is 12.6. The van der Waals surface area contributed by atoms with E-state index in [-0.39, 0.29) is 5.91 Å². The third-order valence-corrected chi connectivity index (χ3v) is 4.90. The van der Waals surface area contributed by atoms with E-state index in [1.165, 1.54) is 0 Å². The molecule has 0 aliphatic rings. The molecule has 1 heterocycles. The van der Waals surface area contributed by atoms with Gasteiger partial charge in [-0.05, 0) is 55.8 Å². The fourth-order valence-corrected chi connectivity index (χ4v) is 3.33. The standard InChI is InChI=1S/C19H17ClN2O2S.C2H6/c1-11-8-14(24-3)5-6-15(11)19(23)22-13-4-7-17(20)16(9-13)18-10-25-12(2)21-18;1-2/h4-10H,1-3H3,(H,22,23);1-2H3. The van der Waals surface area contributed by atoms with Gasteiger partial charge in [0.2, 0.25) is 0 Å². The number of aryl methyl sites for hydroxylation is 2. The fraction of sp³-hybridized carbons (Fsp3) is 0.238. The molecule has 6 heteroatoms. The third-order valence-electron chi connectivity index (χ3n) is 3.80. The number of carbonyl (C=O) groups is 1. The number of carbonyl (C=O) groups excluding carboxylic acids is 1. The second-order valence-corrected chi connectivity index (χ2v) is 7.05. The monoisotopic (exact) mass is 402 g/mol. The van der Waals surface area contributed by atoms with Crippen molar-refractivity contribution in [2.45, 2.75) is 27.7 Å². The van der Waals surface area contributed by atoms with Gasteiger partial charge < -0.3 is 10.1 Å². The number of rotatable bonds is 4. The largest absolute Gasteiger partial charge is 0.497 e. The zero-order valence-corrected chi connectivity index (χ0v) is 17.7. The van der Waals surface area contributed by atoms with Gasteiger partial charge in [0.15, 0.2) is 0 Å². The highest BCUT2D eigenvalue weighted by molar-refractivity contribution is 7.09. The minimum atomic E-state index is -0.178. The minimum absolute atomic E-state index is 0.178. The Morgan fingerprint density at radius 3 is 2.48 bits per heavy atom. The van der Waals surface area contributed by atoms with Gasteiger partial charge in [-0.3, -0.25) is 4.79 Å². The number of hydrogen-bond donors (Lipinski definition) is 1. The van der Waals surface area contributed by atoms with Crippen LogP contribution in [0.1, 0.15) is 34.8 Å². The SMILES string of the molecule is CC.COc1ccc(C(=O)Nc2ccc(Cl)c(-c3csc(C)n3)c2)c(C)c1. The number of aromatic nitrogens is 1. The van der Waals surface area contributed by atoms with Crippen molar-refractivity contribution in [2.24, 2.45) is 0 Å². The Morgan fingerprint density at radius 1 is 1.15 bits per heavy atom. The van der Waals surface area contributed by atoms with E-state index >= 15 is 0 Å². The molecular weight excluding hydrogens is 380 g/mol. The molecule has 3 rings (SSSR count). The summed E-state index contributed by atoms with van der Waals surface area (Å²) in [4.78, 5) is 17.0. The van der Waals surface area contributed by atoms with Crippen LogP contribution in [0, 0.1) is 13.8 Å². The number of anilines is 1. The van der Waals surface area contributed by atoms with Gasteiger partial charge in [0.1, 0.15) is 5.75 Å². The van der Waals surface area contributed by atoms with Crippen molar-refractivity contribution in [2.75, 3.05) is 12.4 Å². The molecule has 142 valence electrons. The predicted molar refractivity (Wildman–Crippen MR) is 114 cm³/mol. The molecule has 0 saturated carbocycles. The maximum absolute atomic E-state index is 12.6. The molecule has 0 saturated heterocycles. The van der Waals surface area contributed by atoms with E-state index in [9.17, 15) is 4.79 Å². The van der Waals surface area contributed by atoms with Crippen molar-refractivity contribution in [3.8, 4) is 17.0 Å². The highest BCUT2D eigenvalue weighted by Crippen LogP contribution is 2.31.